The Hall–Kier alpha value is -1.81. The zero-order valence-corrected chi connectivity index (χ0v) is 13.0. The fraction of sp³-hybridized carbons (Fsp3) is 0.412. The third-order valence-corrected chi connectivity index (χ3v) is 5.16. The first-order chi connectivity index (χ1) is 10.7. The van der Waals surface area contributed by atoms with E-state index < -0.39 is 0 Å². The summed E-state index contributed by atoms with van der Waals surface area (Å²) >= 11 is 6.06. The largest absolute Gasteiger partial charge is 0.370 e. The molecule has 2 aliphatic rings. The van der Waals surface area contributed by atoms with Crippen LogP contribution < -0.4 is 10.2 Å². The highest BCUT2D eigenvalue weighted by Crippen LogP contribution is 2.34. The van der Waals surface area contributed by atoms with Gasteiger partial charge in [-0.1, -0.05) is 11.6 Å². The van der Waals surface area contributed by atoms with Crippen molar-refractivity contribution in [2.75, 3.05) is 24.5 Å². The minimum atomic E-state index is 0.109. The molecule has 1 aromatic heterocycles. The van der Waals surface area contributed by atoms with Crippen molar-refractivity contribution < 1.29 is 4.79 Å². The summed E-state index contributed by atoms with van der Waals surface area (Å²) in [4.78, 5) is 18.9. The Kier molecular flexibility index (Phi) is 3.41. The molecule has 2 aromatic rings. The van der Waals surface area contributed by atoms with Gasteiger partial charge in [-0.25, -0.2) is 0 Å². The van der Waals surface area contributed by atoms with Crippen molar-refractivity contribution in [3.8, 4) is 0 Å². The van der Waals surface area contributed by atoms with Gasteiger partial charge in [0.15, 0.2) is 0 Å². The lowest BCUT2D eigenvalue weighted by Gasteiger charge is -2.41. The van der Waals surface area contributed by atoms with E-state index in [0.717, 1.165) is 49.1 Å². The van der Waals surface area contributed by atoms with Gasteiger partial charge >= 0.3 is 0 Å². The number of nitrogens with one attached hydrogen (secondary N) is 1. The van der Waals surface area contributed by atoms with Crippen molar-refractivity contribution in [1.82, 2.24) is 10.3 Å². The summed E-state index contributed by atoms with van der Waals surface area (Å²) in [6, 6.07) is 7.85. The molecule has 0 spiro atoms. The molecule has 4 nitrogen and oxygen atoms in total. The summed E-state index contributed by atoms with van der Waals surface area (Å²) in [6.45, 7) is 2.62. The number of fused-ring (bicyclic) bond motifs is 2. The van der Waals surface area contributed by atoms with Crippen molar-refractivity contribution in [2.45, 2.75) is 12.8 Å². The van der Waals surface area contributed by atoms with Crippen LogP contribution in [0.1, 0.15) is 12.8 Å². The third kappa shape index (κ3) is 2.31. The van der Waals surface area contributed by atoms with Crippen LogP contribution in [-0.2, 0) is 4.79 Å². The Labute approximate surface area is 134 Å². The van der Waals surface area contributed by atoms with Crippen molar-refractivity contribution in [3.63, 3.8) is 0 Å². The predicted octanol–water partition coefficient (Wildman–Crippen LogP) is 2.85. The molecule has 5 heteroatoms. The van der Waals surface area contributed by atoms with E-state index in [4.69, 9.17) is 11.6 Å². The number of amides is 1. The van der Waals surface area contributed by atoms with Gasteiger partial charge in [-0.05, 0) is 43.0 Å². The molecule has 2 aliphatic heterocycles. The van der Waals surface area contributed by atoms with E-state index in [0.29, 0.717) is 10.9 Å². The third-order valence-electron chi connectivity index (χ3n) is 4.93. The normalized spacial score (nSPS) is 25.0. The van der Waals surface area contributed by atoms with Gasteiger partial charge in [0.25, 0.3) is 0 Å². The summed E-state index contributed by atoms with van der Waals surface area (Å²) in [5.41, 5.74) is 2.05. The summed E-state index contributed by atoms with van der Waals surface area (Å²) in [5, 5.41) is 4.80. The molecule has 0 unspecified atom stereocenters. The van der Waals surface area contributed by atoms with Crippen LogP contribution in [-0.4, -0.2) is 30.5 Å². The first-order valence-electron chi connectivity index (χ1n) is 7.79. The van der Waals surface area contributed by atoms with Crippen LogP contribution in [0.5, 0.6) is 0 Å². The maximum Gasteiger partial charge on any atom is 0.225 e. The minimum absolute atomic E-state index is 0.109. The lowest BCUT2D eigenvalue weighted by molar-refractivity contribution is -0.129. The van der Waals surface area contributed by atoms with Crippen molar-refractivity contribution in [3.05, 3.63) is 35.5 Å². The number of pyridine rings is 1. The number of benzene rings is 1. The number of halogens is 1. The van der Waals surface area contributed by atoms with Gasteiger partial charge in [-0.15, -0.1) is 0 Å². The number of nitrogens with zero attached hydrogens (tertiary/aromatic N) is 2. The number of carbonyl (C=O) groups excluding carboxylic acids is 1. The molecule has 0 radical (unpaired) electrons. The number of hydrogen-bond donors (Lipinski definition) is 1. The molecule has 114 valence electrons. The molecule has 2 fully saturated rings. The Morgan fingerprint density at radius 1 is 1.27 bits per heavy atom. The zero-order valence-electron chi connectivity index (χ0n) is 12.3. The van der Waals surface area contributed by atoms with Crippen LogP contribution in [0, 0.1) is 11.8 Å². The Balaban J connectivity index is 1.69. The second-order valence-corrected chi connectivity index (χ2v) is 6.61. The summed E-state index contributed by atoms with van der Waals surface area (Å²) < 4.78 is 0. The van der Waals surface area contributed by atoms with Crippen molar-refractivity contribution in [2.24, 2.45) is 11.8 Å². The first-order valence-corrected chi connectivity index (χ1v) is 8.17. The molecule has 1 N–H and O–H groups in total. The summed E-state index contributed by atoms with van der Waals surface area (Å²) in [5.74, 6) is 0.855. The molecule has 0 saturated carbocycles. The molecule has 0 aliphatic carbocycles. The van der Waals surface area contributed by atoms with Crippen LogP contribution in [0.4, 0.5) is 5.69 Å². The van der Waals surface area contributed by atoms with Crippen LogP contribution in [0.3, 0.4) is 0 Å². The van der Waals surface area contributed by atoms with Gasteiger partial charge in [0.05, 0.1) is 11.4 Å². The number of carbonyl (C=O) groups is 1. The molecule has 1 amide bonds. The van der Waals surface area contributed by atoms with E-state index in [1.54, 1.807) is 0 Å². The molecule has 3 heterocycles. The van der Waals surface area contributed by atoms with Gasteiger partial charge in [0, 0.05) is 41.9 Å². The molecule has 2 saturated heterocycles. The monoisotopic (exact) mass is 315 g/mol. The van der Waals surface area contributed by atoms with E-state index in [2.05, 4.69) is 15.2 Å². The Morgan fingerprint density at radius 2 is 2.18 bits per heavy atom. The Bertz CT molecular complexity index is 733. The molecule has 22 heavy (non-hydrogen) atoms. The van der Waals surface area contributed by atoms with Gasteiger partial charge in [0.2, 0.25) is 5.91 Å². The number of anilines is 1. The smallest absolute Gasteiger partial charge is 0.225 e. The standard InChI is InChI=1S/C17H18ClN3O/c18-12-1-2-13-15(9-12)19-7-4-16(13)21-8-5-11-3-6-20-17(22)14(11)10-21/h1-2,4,7,9,11,14H,3,5-6,8,10H2,(H,20,22)/t11-,14+/m0/s1. The van der Waals surface area contributed by atoms with Gasteiger partial charge in [-0.2, -0.15) is 0 Å². The number of piperidine rings is 2. The second kappa shape index (κ2) is 5.43. The average molecular weight is 316 g/mol. The number of rotatable bonds is 1. The highest BCUT2D eigenvalue weighted by molar-refractivity contribution is 6.31. The van der Waals surface area contributed by atoms with Crippen LogP contribution in [0.2, 0.25) is 5.02 Å². The lowest BCUT2D eigenvalue weighted by Crippen LogP contribution is -2.51. The van der Waals surface area contributed by atoms with Crippen LogP contribution in [0.25, 0.3) is 10.9 Å². The fourth-order valence-corrected chi connectivity index (χ4v) is 3.92. The minimum Gasteiger partial charge on any atom is -0.370 e. The zero-order chi connectivity index (χ0) is 15.1. The van der Waals surface area contributed by atoms with Crippen molar-refractivity contribution in [1.29, 1.82) is 0 Å². The first kappa shape index (κ1) is 13.8. The molecule has 0 bridgehead atoms. The second-order valence-electron chi connectivity index (χ2n) is 6.17. The number of aromatic nitrogens is 1. The fourth-order valence-electron chi connectivity index (χ4n) is 3.76. The van der Waals surface area contributed by atoms with Crippen LogP contribution >= 0.6 is 11.6 Å². The average Bonchev–Trinajstić information content (AvgIpc) is 2.54. The lowest BCUT2D eigenvalue weighted by atomic mass is 9.80. The van der Waals surface area contributed by atoms with Crippen molar-refractivity contribution >= 4 is 34.1 Å². The maximum absolute atomic E-state index is 12.1. The van der Waals surface area contributed by atoms with Gasteiger partial charge in [0.1, 0.15) is 0 Å². The summed E-state index contributed by atoms with van der Waals surface area (Å²) in [6.07, 6.45) is 4.01. The molecule has 4 rings (SSSR count). The van der Waals surface area contributed by atoms with Gasteiger partial charge < -0.3 is 10.2 Å². The Morgan fingerprint density at radius 3 is 3.09 bits per heavy atom. The van der Waals surface area contributed by atoms with E-state index >= 15 is 0 Å². The molecule has 2 atom stereocenters. The van der Waals surface area contributed by atoms with E-state index in [-0.39, 0.29) is 11.8 Å². The van der Waals surface area contributed by atoms with Gasteiger partial charge in [-0.3, -0.25) is 9.78 Å². The predicted molar refractivity (Wildman–Crippen MR) is 88.2 cm³/mol. The van der Waals surface area contributed by atoms with E-state index in [1.807, 2.05) is 30.5 Å². The molecular weight excluding hydrogens is 298 g/mol. The van der Waals surface area contributed by atoms with E-state index in [9.17, 15) is 4.79 Å². The topological polar surface area (TPSA) is 45.2 Å². The molecule has 1 aromatic carbocycles. The maximum atomic E-state index is 12.1. The quantitative estimate of drug-likeness (QED) is 0.880. The highest BCUT2D eigenvalue weighted by Gasteiger charge is 2.36. The summed E-state index contributed by atoms with van der Waals surface area (Å²) in [7, 11) is 0. The highest BCUT2D eigenvalue weighted by atomic mass is 35.5. The SMILES string of the molecule is O=C1NCC[C@H]2CCN(c3ccnc4cc(Cl)ccc34)C[C@@H]12. The van der Waals surface area contributed by atoms with Crippen LogP contribution in [0.15, 0.2) is 30.5 Å². The molecular formula is C17H18ClN3O. The number of hydrogen-bond acceptors (Lipinski definition) is 3. The van der Waals surface area contributed by atoms with E-state index in [1.165, 1.54) is 0 Å².